The molecular formula is C28H38F2N4O3. The van der Waals surface area contributed by atoms with E-state index in [4.69, 9.17) is 0 Å². The zero-order chi connectivity index (χ0) is 26.4. The van der Waals surface area contributed by atoms with Gasteiger partial charge >= 0.3 is 6.03 Å². The van der Waals surface area contributed by atoms with E-state index < -0.39 is 11.5 Å². The van der Waals surface area contributed by atoms with E-state index in [-0.39, 0.29) is 73.6 Å². The molecule has 2 N–H and O–H groups in total. The lowest BCUT2D eigenvalue weighted by Crippen LogP contribution is -2.61. The quantitative estimate of drug-likeness (QED) is 0.527. The average Bonchev–Trinajstić information content (AvgIpc) is 3.23. The zero-order valence-corrected chi connectivity index (χ0v) is 21.7. The Morgan fingerprint density at radius 3 is 2.27 bits per heavy atom. The van der Waals surface area contributed by atoms with Gasteiger partial charge in [-0.25, -0.2) is 13.6 Å². The van der Waals surface area contributed by atoms with Crippen molar-refractivity contribution in [3.05, 3.63) is 35.9 Å². The van der Waals surface area contributed by atoms with E-state index in [1.807, 2.05) is 44.2 Å². The molecule has 0 aromatic heterocycles. The number of hydrogen-bond donors (Lipinski definition) is 2. The summed E-state index contributed by atoms with van der Waals surface area (Å²) in [7, 11) is 0. The first-order valence-electron chi connectivity index (χ1n) is 13.7. The Labute approximate surface area is 217 Å². The third-order valence-electron chi connectivity index (χ3n) is 9.04. The summed E-state index contributed by atoms with van der Waals surface area (Å²) in [6.07, 6.45) is 3.87. The maximum Gasteiger partial charge on any atom is 0.325 e. The van der Waals surface area contributed by atoms with E-state index in [1.165, 1.54) is 0 Å². The number of nitrogens with one attached hydrogen (secondary N) is 2. The molecule has 5 rings (SSSR count). The molecule has 4 amide bonds. The fourth-order valence-corrected chi connectivity index (χ4v) is 7.25. The number of carbonyl (C=O) groups excluding carboxylic acids is 3. The molecule has 2 unspecified atom stereocenters. The predicted octanol–water partition coefficient (Wildman–Crippen LogP) is 4.39. The Morgan fingerprint density at radius 2 is 1.68 bits per heavy atom. The monoisotopic (exact) mass is 516 g/mol. The van der Waals surface area contributed by atoms with Crippen molar-refractivity contribution in [3.8, 4) is 0 Å². The molecule has 3 heterocycles. The van der Waals surface area contributed by atoms with Crippen LogP contribution in [0.25, 0.3) is 0 Å². The molecule has 9 heteroatoms. The van der Waals surface area contributed by atoms with E-state index >= 15 is 0 Å². The lowest BCUT2D eigenvalue weighted by Gasteiger charge is -2.48. The normalized spacial score (nSPS) is 30.7. The van der Waals surface area contributed by atoms with Crippen molar-refractivity contribution in [3.63, 3.8) is 0 Å². The first kappa shape index (κ1) is 26.1. The lowest BCUT2D eigenvalue weighted by atomic mass is 9.80. The predicted molar refractivity (Wildman–Crippen MR) is 135 cm³/mol. The zero-order valence-electron chi connectivity index (χ0n) is 21.7. The summed E-state index contributed by atoms with van der Waals surface area (Å²) in [5, 5.41) is 5.73. The largest absolute Gasteiger partial charge is 0.349 e. The van der Waals surface area contributed by atoms with Crippen LogP contribution in [-0.2, 0) is 9.59 Å². The van der Waals surface area contributed by atoms with Crippen molar-refractivity contribution >= 4 is 17.8 Å². The fourth-order valence-electron chi connectivity index (χ4n) is 7.25. The molecule has 1 aromatic carbocycles. The minimum absolute atomic E-state index is 0.0604. The molecule has 202 valence electrons. The maximum atomic E-state index is 13.6. The summed E-state index contributed by atoms with van der Waals surface area (Å²) in [6.45, 7) is 4.66. The van der Waals surface area contributed by atoms with Crippen LogP contribution in [-0.4, -0.2) is 63.8 Å². The number of fused-ring (bicyclic) bond motifs is 2. The Morgan fingerprint density at radius 1 is 1.05 bits per heavy atom. The fraction of sp³-hybridized carbons (Fsp3) is 0.679. The van der Waals surface area contributed by atoms with Crippen molar-refractivity contribution in [2.75, 3.05) is 6.54 Å². The lowest BCUT2D eigenvalue weighted by molar-refractivity contribution is -0.132. The van der Waals surface area contributed by atoms with Crippen LogP contribution in [0, 0.1) is 5.92 Å². The summed E-state index contributed by atoms with van der Waals surface area (Å²) >= 11 is 0. The van der Waals surface area contributed by atoms with Crippen molar-refractivity contribution in [2.45, 2.75) is 107 Å². The summed E-state index contributed by atoms with van der Waals surface area (Å²) in [5.74, 6) is -3.35. The van der Waals surface area contributed by atoms with E-state index in [1.54, 1.807) is 4.90 Å². The molecule has 4 aliphatic rings. The number of carbonyl (C=O) groups is 3. The Kier molecular flexibility index (Phi) is 7.02. The number of nitrogens with zero attached hydrogens (tertiary/aromatic N) is 2. The van der Waals surface area contributed by atoms with Gasteiger partial charge in [0.05, 0.1) is 6.04 Å². The number of benzene rings is 1. The number of amides is 4. The second-order valence-corrected chi connectivity index (χ2v) is 11.7. The minimum Gasteiger partial charge on any atom is -0.349 e. The van der Waals surface area contributed by atoms with Gasteiger partial charge in [0, 0.05) is 43.4 Å². The highest BCUT2D eigenvalue weighted by Gasteiger charge is 2.60. The van der Waals surface area contributed by atoms with Crippen LogP contribution in [0.1, 0.15) is 83.2 Å². The van der Waals surface area contributed by atoms with Crippen LogP contribution in [0.15, 0.2) is 30.3 Å². The Bertz CT molecular complexity index is 1010. The number of alkyl halides is 2. The topological polar surface area (TPSA) is 81.8 Å². The number of halogens is 2. The van der Waals surface area contributed by atoms with Crippen LogP contribution >= 0.6 is 0 Å². The third-order valence-corrected chi connectivity index (χ3v) is 9.04. The van der Waals surface area contributed by atoms with Gasteiger partial charge in [0.25, 0.3) is 5.91 Å². The summed E-state index contributed by atoms with van der Waals surface area (Å²) in [6, 6.07) is 9.65. The van der Waals surface area contributed by atoms with Crippen LogP contribution < -0.4 is 10.6 Å². The second kappa shape index (κ2) is 9.97. The molecule has 1 aliphatic carbocycles. The molecule has 3 atom stereocenters. The molecule has 1 spiro atoms. The van der Waals surface area contributed by atoms with Gasteiger partial charge in [-0.05, 0) is 64.4 Å². The molecule has 7 nitrogen and oxygen atoms in total. The molecule has 1 saturated carbocycles. The number of imide groups is 1. The number of piperidine rings is 1. The molecule has 4 fully saturated rings. The van der Waals surface area contributed by atoms with E-state index in [0.29, 0.717) is 19.3 Å². The van der Waals surface area contributed by atoms with Gasteiger partial charge < -0.3 is 10.2 Å². The van der Waals surface area contributed by atoms with Gasteiger partial charge in [-0.3, -0.25) is 19.8 Å². The molecule has 0 radical (unpaired) electrons. The standard InChI is InChI=1S/C28H38F2N4O3/c1-18(2)34-26(37)32-25(36)27(34)16-21-8-9-22(17-27)33(21)15-12-23(19-6-4-3-5-7-19)31-24(35)20-10-13-28(29,30)14-11-20/h3-7,18,20-23H,8-17H2,1-2H3,(H,31,35)(H,32,36,37)/t21?,22?,23-,27?/m0/s1. The Hall–Kier alpha value is -2.55. The highest BCUT2D eigenvalue weighted by Crippen LogP contribution is 2.46. The van der Waals surface area contributed by atoms with Crippen molar-refractivity contribution in [2.24, 2.45) is 5.92 Å². The minimum atomic E-state index is -2.66. The van der Waals surface area contributed by atoms with Crippen molar-refractivity contribution in [1.29, 1.82) is 0 Å². The molecule has 1 aromatic rings. The van der Waals surface area contributed by atoms with Gasteiger partial charge in [0.1, 0.15) is 5.54 Å². The van der Waals surface area contributed by atoms with Gasteiger partial charge in [-0.2, -0.15) is 0 Å². The van der Waals surface area contributed by atoms with Crippen LogP contribution in [0.2, 0.25) is 0 Å². The highest BCUT2D eigenvalue weighted by atomic mass is 19.3. The number of urea groups is 1. The number of rotatable bonds is 7. The summed E-state index contributed by atoms with van der Waals surface area (Å²) < 4.78 is 27.2. The number of hydrogen-bond acceptors (Lipinski definition) is 4. The van der Waals surface area contributed by atoms with E-state index in [0.717, 1.165) is 24.9 Å². The SMILES string of the molecule is CC(C)N1C(=O)NC(=O)C12CC1CCC(C2)N1CC[C@H](NC(=O)C1CCC(F)(F)CC1)c1ccccc1. The van der Waals surface area contributed by atoms with E-state index in [2.05, 4.69) is 15.5 Å². The first-order chi connectivity index (χ1) is 17.6. The smallest absolute Gasteiger partial charge is 0.325 e. The van der Waals surface area contributed by atoms with Crippen LogP contribution in [0.5, 0.6) is 0 Å². The van der Waals surface area contributed by atoms with Gasteiger partial charge in [-0.1, -0.05) is 30.3 Å². The van der Waals surface area contributed by atoms with Crippen LogP contribution in [0.4, 0.5) is 13.6 Å². The second-order valence-electron chi connectivity index (χ2n) is 11.7. The molecular weight excluding hydrogens is 478 g/mol. The molecule has 3 aliphatic heterocycles. The first-order valence-corrected chi connectivity index (χ1v) is 13.7. The molecule has 37 heavy (non-hydrogen) atoms. The van der Waals surface area contributed by atoms with Gasteiger partial charge in [-0.15, -0.1) is 0 Å². The average molecular weight is 517 g/mol. The van der Waals surface area contributed by atoms with E-state index in [9.17, 15) is 23.2 Å². The van der Waals surface area contributed by atoms with Gasteiger partial charge in [0.15, 0.2) is 0 Å². The summed E-state index contributed by atoms with van der Waals surface area (Å²) in [5.41, 5.74) is 0.230. The van der Waals surface area contributed by atoms with Crippen molar-refractivity contribution < 1.29 is 23.2 Å². The molecule has 2 bridgehead atoms. The van der Waals surface area contributed by atoms with Gasteiger partial charge in [0.2, 0.25) is 11.8 Å². The highest BCUT2D eigenvalue weighted by molar-refractivity contribution is 6.07. The summed E-state index contributed by atoms with van der Waals surface area (Å²) in [4.78, 5) is 42.8. The molecule has 3 saturated heterocycles. The third kappa shape index (κ3) is 4.99. The Balaban J connectivity index is 1.27. The van der Waals surface area contributed by atoms with Crippen LogP contribution in [0.3, 0.4) is 0 Å². The van der Waals surface area contributed by atoms with Crippen molar-refractivity contribution in [1.82, 2.24) is 20.4 Å². The maximum absolute atomic E-state index is 13.6.